The largest absolute Gasteiger partial charge is 0.333 e. The molecule has 0 radical (unpaired) electrons. The number of benzene rings is 1. The van der Waals surface area contributed by atoms with Crippen molar-refractivity contribution in [3.63, 3.8) is 0 Å². The molecule has 1 N–H and O–H groups in total. The van der Waals surface area contributed by atoms with Crippen LogP contribution in [0.2, 0.25) is 0 Å². The fourth-order valence-corrected chi connectivity index (χ4v) is 5.10. The summed E-state index contributed by atoms with van der Waals surface area (Å²) >= 11 is 0. The van der Waals surface area contributed by atoms with E-state index in [1.807, 2.05) is 29.0 Å². The van der Waals surface area contributed by atoms with Crippen molar-refractivity contribution in [3.8, 4) is 0 Å². The van der Waals surface area contributed by atoms with Gasteiger partial charge in [0.05, 0.1) is 0 Å². The highest BCUT2D eigenvalue weighted by Crippen LogP contribution is 2.27. The van der Waals surface area contributed by atoms with Crippen LogP contribution in [0.1, 0.15) is 51.3 Å². The maximum absolute atomic E-state index is 13.4. The van der Waals surface area contributed by atoms with Crippen molar-refractivity contribution in [1.82, 2.24) is 25.0 Å². The molecule has 5 rings (SSSR count). The van der Waals surface area contributed by atoms with Gasteiger partial charge in [-0.05, 0) is 73.9 Å². The Morgan fingerprint density at radius 2 is 1.94 bits per heavy atom. The normalized spacial score (nSPS) is 17.7. The summed E-state index contributed by atoms with van der Waals surface area (Å²) < 4.78 is 1.93. The van der Waals surface area contributed by atoms with Crippen molar-refractivity contribution < 1.29 is 4.79 Å². The van der Waals surface area contributed by atoms with E-state index >= 15 is 0 Å². The van der Waals surface area contributed by atoms with E-state index in [2.05, 4.69) is 51.8 Å². The molecule has 1 aliphatic carbocycles. The summed E-state index contributed by atoms with van der Waals surface area (Å²) in [5.74, 6) is 0.0784. The highest BCUT2D eigenvalue weighted by molar-refractivity contribution is 5.94. The summed E-state index contributed by atoms with van der Waals surface area (Å²) in [7, 11) is 1.98. The van der Waals surface area contributed by atoms with Gasteiger partial charge >= 0.3 is 0 Å². The van der Waals surface area contributed by atoms with E-state index in [1.165, 1.54) is 22.4 Å². The van der Waals surface area contributed by atoms with Gasteiger partial charge in [0.1, 0.15) is 0 Å². The molecule has 1 atom stereocenters. The number of pyridine rings is 1. The minimum Gasteiger partial charge on any atom is -0.333 e. The second kappa shape index (κ2) is 9.25. The molecule has 6 nitrogen and oxygen atoms in total. The SMILES string of the molecule is Cn1nc(C(=O)N2CCc3ccccc3C2)c2c1CC[C@@H](NCCCc1ccncc1)C2. The predicted octanol–water partition coefficient (Wildman–Crippen LogP) is 3.09. The molecular weight excluding hydrogens is 398 g/mol. The predicted molar refractivity (Wildman–Crippen MR) is 124 cm³/mol. The lowest BCUT2D eigenvalue weighted by molar-refractivity contribution is 0.0726. The average Bonchev–Trinajstić information content (AvgIpc) is 3.17. The van der Waals surface area contributed by atoms with E-state index in [9.17, 15) is 4.79 Å². The smallest absolute Gasteiger partial charge is 0.274 e. The van der Waals surface area contributed by atoms with Crippen LogP contribution in [-0.2, 0) is 39.3 Å². The van der Waals surface area contributed by atoms with Crippen molar-refractivity contribution in [3.05, 3.63) is 82.4 Å². The van der Waals surface area contributed by atoms with Gasteiger partial charge in [0.2, 0.25) is 0 Å². The molecule has 6 heteroatoms. The van der Waals surface area contributed by atoms with Crippen LogP contribution in [0, 0.1) is 0 Å². The Morgan fingerprint density at radius 1 is 1.12 bits per heavy atom. The highest BCUT2D eigenvalue weighted by Gasteiger charge is 2.31. The second-order valence-electron chi connectivity index (χ2n) is 9.00. The molecule has 0 unspecified atom stereocenters. The number of hydrogen-bond donors (Lipinski definition) is 1. The molecule has 0 saturated carbocycles. The third kappa shape index (κ3) is 4.32. The molecule has 3 heterocycles. The maximum atomic E-state index is 13.4. The van der Waals surface area contributed by atoms with Gasteiger partial charge in [0.25, 0.3) is 5.91 Å². The monoisotopic (exact) mass is 429 g/mol. The third-order valence-electron chi connectivity index (χ3n) is 6.90. The van der Waals surface area contributed by atoms with Gasteiger partial charge in [0.15, 0.2) is 5.69 Å². The Labute approximate surface area is 189 Å². The molecule has 0 fully saturated rings. The average molecular weight is 430 g/mol. The third-order valence-corrected chi connectivity index (χ3v) is 6.90. The molecular formula is C26H31N5O. The first-order valence-corrected chi connectivity index (χ1v) is 11.7. The van der Waals surface area contributed by atoms with E-state index < -0.39 is 0 Å². The summed E-state index contributed by atoms with van der Waals surface area (Å²) in [6.07, 6.45) is 9.71. The zero-order valence-electron chi connectivity index (χ0n) is 18.8. The van der Waals surface area contributed by atoms with E-state index in [-0.39, 0.29) is 5.91 Å². The van der Waals surface area contributed by atoms with Crippen molar-refractivity contribution >= 4 is 5.91 Å². The Bertz CT molecular complexity index is 1090. The second-order valence-corrected chi connectivity index (χ2v) is 9.00. The molecule has 0 bridgehead atoms. The first-order valence-electron chi connectivity index (χ1n) is 11.7. The number of aryl methyl sites for hydroxylation is 2. The summed E-state index contributed by atoms with van der Waals surface area (Å²) in [4.78, 5) is 19.5. The van der Waals surface area contributed by atoms with Crippen molar-refractivity contribution in [2.75, 3.05) is 13.1 Å². The first kappa shape index (κ1) is 20.9. The molecule has 2 aliphatic rings. The maximum Gasteiger partial charge on any atom is 0.274 e. The number of rotatable bonds is 6. The van der Waals surface area contributed by atoms with Crippen LogP contribution in [0.5, 0.6) is 0 Å². The Morgan fingerprint density at radius 3 is 2.78 bits per heavy atom. The lowest BCUT2D eigenvalue weighted by atomic mass is 9.90. The minimum atomic E-state index is 0.0784. The molecule has 32 heavy (non-hydrogen) atoms. The first-order chi connectivity index (χ1) is 15.7. The number of carbonyl (C=O) groups excluding carboxylic acids is 1. The van der Waals surface area contributed by atoms with Crippen LogP contribution >= 0.6 is 0 Å². The standard InChI is InChI=1S/C26H31N5O/c1-30-24-9-8-22(28-13-4-5-19-10-14-27-15-11-19)17-23(24)25(29-30)26(32)31-16-12-20-6-2-3-7-21(20)18-31/h2-3,6-7,10-11,14-15,22,28H,4-5,8-9,12-13,16-18H2,1H3/t22-/m1/s1. The van der Waals surface area contributed by atoms with Crippen LogP contribution in [0.4, 0.5) is 0 Å². The van der Waals surface area contributed by atoms with Crippen LogP contribution in [0.15, 0.2) is 48.8 Å². The molecule has 2 aromatic heterocycles. The quantitative estimate of drug-likeness (QED) is 0.612. The van der Waals surface area contributed by atoms with E-state index in [4.69, 9.17) is 0 Å². The lowest BCUT2D eigenvalue weighted by Crippen LogP contribution is -2.38. The van der Waals surface area contributed by atoms with Crippen molar-refractivity contribution in [1.29, 1.82) is 0 Å². The fourth-order valence-electron chi connectivity index (χ4n) is 5.10. The van der Waals surface area contributed by atoms with Crippen LogP contribution in [0.25, 0.3) is 0 Å². The van der Waals surface area contributed by atoms with Crippen molar-refractivity contribution in [2.24, 2.45) is 7.05 Å². The van der Waals surface area contributed by atoms with Gasteiger partial charge in [0, 0.05) is 49.8 Å². The number of nitrogens with zero attached hydrogens (tertiary/aromatic N) is 4. The van der Waals surface area contributed by atoms with E-state index in [0.29, 0.717) is 18.3 Å². The summed E-state index contributed by atoms with van der Waals surface area (Å²) in [6, 6.07) is 13.0. The van der Waals surface area contributed by atoms with Crippen LogP contribution in [0.3, 0.4) is 0 Å². The zero-order valence-corrected chi connectivity index (χ0v) is 18.8. The van der Waals surface area contributed by atoms with Gasteiger partial charge in [-0.2, -0.15) is 5.10 Å². The topological polar surface area (TPSA) is 63.1 Å². The van der Waals surface area contributed by atoms with Crippen LogP contribution in [-0.4, -0.2) is 44.7 Å². The Hall–Kier alpha value is -2.99. The van der Waals surface area contributed by atoms with Gasteiger partial charge in [-0.3, -0.25) is 14.5 Å². The van der Waals surface area contributed by atoms with Gasteiger partial charge in [-0.25, -0.2) is 0 Å². The molecule has 1 aliphatic heterocycles. The van der Waals surface area contributed by atoms with Crippen LogP contribution < -0.4 is 5.32 Å². The molecule has 0 spiro atoms. The minimum absolute atomic E-state index is 0.0784. The number of fused-ring (bicyclic) bond motifs is 2. The van der Waals surface area contributed by atoms with E-state index in [1.54, 1.807) is 0 Å². The number of amides is 1. The van der Waals surface area contributed by atoms with Gasteiger partial charge < -0.3 is 10.2 Å². The summed E-state index contributed by atoms with van der Waals surface area (Å²) in [6.45, 7) is 2.42. The molecule has 3 aromatic rings. The molecule has 1 amide bonds. The number of aromatic nitrogens is 3. The van der Waals surface area contributed by atoms with Crippen molar-refractivity contribution in [2.45, 2.75) is 51.1 Å². The molecule has 1 aromatic carbocycles. The molecule has 166 valence electrons. The molecule has 0 saturated heterocycles. The number of carbonyl (C=O) groups is 1. The Kier molecular flexibility index (Phi) is 6.04. The Balaban J connectivity index is 1.23. The highest BCUT2D eigenvalue weighted by atomic mass is 16.2. The number of hydrogen-bond acceptors (Lipinski definition) is 4. The lowest BCUT2D eigenvalue weighted by Gasteiger charge is -2.29. The summed E-state index contributed by atoms with van der Waals surface area (Å²) in [5.41, 5.74) is 6.97. The number of nitrogens with one attached hydrogen (secondary N) is 1. The van der Waals surface area contributed by atoms with Gasteiger partial charge in [-0.15, -0.1) is 0 Å². The van der Waals surface area contributed by atoms with E-state index in [0.717, 1.165) is 57.2 Å². The van der Waals surface area contributed by atoms with Gasteiger partial charge in [-0.1, -0.05) is 24.3 Å². The zero-order chi connectivity index (χ0) is 21.9. The fraction of sp³-hybridized carbons (Fsp3) is 0.423. The summed E-state index contributed by atoms with van der Waals surface area (Å²) in [5, 5.41) is 8.41.